The van der Waals surface area contributed by atoms with Crippen LogP contribution in [0.3, 0.4) is 0 Å². The number of aliphatic hydroxyl groups excluding tert-OH is 26. The van der Waals surface area contributed by atoms with Crippen molar-refractivity contribution in [1.82, 2.24) is 36.9 Å². The molecule has 0 unspecified atom stereocenters. The van der Waals surface area contributed by atoms with Crippen molar-refractivity contribution in [3.63, 3.8) is 0 Å². The third kappa shape index (κ3) is 26.3. The molecule has 0 spiro atoms. The summed E-state index contributed by atoms with van der Waals surface area (Å²) in [4.78, 5) is 82.8. The van der Waals surface area contributed by atoms with Crippen LogP contribution in [-0.4, -0.2) is 546 Å². The largest absolute Gasteiger partial charge is 0.394 e. The molecule has 0 aromatic carbocycles. The number of hydrogen-bond donors (Lipinski definition) is 33. The number of hydrogen-bond acceptors (Lipinski definition) is 52. The molecular weight excluding hydrogens is 1840 g/mol. The minimum atomic E-state index is -2.85. The van der Waals surface area contributed by atoms with E-state index in [2.05, 4.69) is 42.2 Å². The molecule has 9 aliphatic heterocycles. The summed E-state index contributed by atoms with van der Waals surface area (Å²) in [7, 11) is 0. The predicted octanol–water partition coefficient (Wildman–Crippen LogP) is -20.8. The van der Waals surface area contributed by atoms with E-state index >= 15 is 0 Å². The monoisotopic (exact) mass is 1960 g/mol. The van der Waals surface area contributed by atoms with Crippen LogP contribution in [0.25, 0.3) is 0 Å². The Hall–Kier alpha value is -5.99. The topological polar surface area (TPSA) is 892 Å². The number of nitrogens with one attached hydrogen (secondary N) is 7. The molecule has 135 heavy (non-hydrogen) atoms. The van der Waals surface area contributed by atoms with Gasteiger partial charge >= 0.3 is 0 Å². The second kappa shape index (κ2) is 50.1. The molecule has 1 aromatic rings. The Balaban J connectivity index is 1.13. The molecule has 774 valence electrons. The molecule has 9 fully saturated rings. The maximum atomic E-state index is 13.6. The summed E-state index contributed by atoms with van der Waals surface area (Å²) in [6.07, 6.45) is -94.9. The van der Waals surface area contributed by atoms with E-state index in [9.17, 15) is 162 Å². The number of nitrogens with zero attached hydrogens (tertiary/aromatic N) is 1. The molecule has 9 aliphatic rings. The Morgan fingerprint density at radius 2 is 0.652 bits per heavy atom. The minimum Gasteiger partial charge on any atom is -0.394 e. The fraction of sp³-hybridized carbons (Fsp3) is 0.857. The highest BCUT2D eigenvalue weighted by atomic mass is 16.8. The van der Waals surface area contributed by atoms with Crippen molar-refractivity contribution in [2.45, 2.75) is 342 Å². The van der Waals surface area contributed by atoms with Crippen molar-refractivity contribution in [1.29, 1.82) is 0 Å². The van der Waals surface area contributed by atoms with Crippen LogP contribution in [0, 0.1) is 0 Å². The molecule has 0 aliphatic carbocycles. The fourth-order valence-electron chi connectivity index (χ4n) is 17.0. The second-order valence-corrected chi connectivity index (χ2v) is 33.6. The van der Waals surface area contributed by atoms with Crippen molar-refractivity contribution in [3.8, 4) is 0 Å². The van der Waals surface area contributed by atoms with Crippen molar-refractivity contribution in [2.75, 3.05) is 77.9 Å². The second-order valence-electron chi connectivity index (χ2n) is 33.6. The summed E-state index contributed by atoms with van der Waals surface area (Å²) in [5.74, 6) is -5.55. The van der Waals surface area contributed by atoms with Gasteiger partial charge in [-0.05, 0) is 12.1 Å². The maximum Gasteiger partial charge on any atom is 0.217 e. The fourth-order valence-corrected chi connectivity index (χ4v) is 17.0. The summed E-state index contributed by atoms with van der Waals surface area (Å²) >= 11 is 0. The molecule has 33 N–H and O–H groups in total. The molecule has 58 heteroatoms. The first-order chi connectivity index (χ1) is 64.0. The lowest BCUT2D eigenvalue weighted by Crippen LogP contribution is -2.72. The van der Waals surface area contributed by atoms with E-state index in [1.807, 2.05) is 0 Å². The lowest BCUT2D eigenvalue weighted by atomic mass is 9.93. The number of aliphatic hydroxyl groups is 26. The van der Waals surface area contributed by atoms with Gasteiger partial charge in [0.15, 0.2) is 56.6 Å². The van der Waals surface area contributed by atoms with Crippen LogP contribution in [0.4, 0.5) is 5.82 Å². The molecule has 6 amide bonds. The highest BCUT2D eigenvalue weighted by Crippen LogP contribution is 2.42. The zero-order valence-corrected chi connectivity index (χ0v) is 73.3. The number of amides is 6. The van der Waals surface area contributed by atoms with Gasteiger partial charge < -0.3 is 255 Å². The van der Waals surface area contributed by atoms with Gasteiger partial charge in [-0.1, -0.05) is 6.07 Å². The van der Waals surface area contributed by atoms with E-state index < -0.39 is 408 Å². The van der Waals surface area contributed by atoms with E-state index in [1.54, 1.807) is 12.1 Å². The summed E-state index contributed by atoms with van der Waals surface area (Å²) in [6.45, 7) is -7.00. The van der Waals surface area contributed by atoms with Crippen LogP contribution >= 0.6 is 0 Å². The molecule has 1 aromatic heterocycles. The minimum absolute atomic E-state index is 0.204. The zero-order chi connectivity index (χ0) is 99.3. The molecule has 10 rings (SSSR count). The van der Waals surface area contributed by atoms with Crippen molar-refractivity contribution >= 4 is 41.3 Å². The molecule has 58 nitrogen and oxygen atoms in total. The smallest absolute Gasteiger partial charge is 0.217 e. The van der Waals surface area contributed by atoms with Crippen LogP contribution in [0.5, 0.6) is 0 Å². The average Bonchev–Trinajstić information content (AvgIpc) is 0.749. The number of anilines is 1. The number of aromatic nitrogens is 1. The van der Waals surface area contributed by atoms with Gasteiger partial charge in [-0.25, -0.2) is 4.98 Å². The molecule has 10 heterocycles. The van der Waals surface area contributed by atoms with Gasteiger partial charge in [0.25, 0.3) is 0 Å². The third-order valence-corrected chi connectivity index (χ3v) is 23.9. The Morgan fingerprint density at radius 3 is 1.06 bits per heavy atom. The van der Waals surface area contributed by atoms with Gasteiger partial charge in [-0.15, -0.1) is 0 Å². The summed E-state index contributed by atoms with van der Waals surface area (Å²) in [5.41, 5.74) is 0. The maximum absolute atomic E-state index is 13.6. The first-order valence-electron chi connectivity index (χ1n) is 43.1. The molecule has 0 saturated carbocycles. The highest BCUT2D eigenvalue weighted by Gasteiger charge is 2.63. The number of carbonyl (C=O) groups excluding carboxylic acids is 6. The van der Waals surface area contributed by atoms with Gasteiger partial charge in [0, 0.05) is 54.3 Å². The molecule has 49 atom stereocenters. The van der Waals surface area contributed by atoms with Crippen molar-refractivity contribution in [2.24, 2.45) is 0 Å². The highest BCUT2D eigenvalue weighted by molar-refractivity contribution is 5.75. The third-order valence-electron chi connectivity index (χ3n) is 23.9. The SMILES string of the molecule is CC(=O)N[C@H]1[C@H](O[C@@H]([C@H](O)[C@H](CNc2ccccn2)NC(C)=O)[C@H](O)CO)O[C@H](CO)[C@@H](O[C@@H]2O[C@H](CO[C@H]3O[C@H](CO)[C@@H](O)[C@H](O)[C@@H]3O[C@@H]3O[C@H](CO)[C@@H](O)[C@H](O)[C@H]3NC(C)=O)[C@@H](O[C@@H]3O[C@H](CO)[C@@H](O)[C@H](O)[C@H]3NC(C)=O)[C@H](O[C@H]3O[C@H](CO)[C@@H](O[C@@H]4O[C@H](CO)[C@@H](O[C@@H]5O[C@H](CO)[C@H](O)[C@H](O)[C@H]5O)[C@H](O)[C@H]4NC(C)=O)[C@H](O)[C@@H]3O[C@@H]3O[C@H](CO)[C@@H](O)[C@H](O)[C@H]3NC(C)=O)[C@@H]2O)[C@@H]1O. The van der Waals surface area contributed by atoms with Gasteiger partial charge in [0.1, 0.15) is 244 Å². The Bertz CT molecular complexity index is 3870. The van der Waals surface area contributed by atoms with E-state index in [4.69, 9.17) is 85.3 Å². The molecule has 0 bridgehead atoms. The van der Waals surface area contributed by atoms with Gasteiger partial charge in [-0.2, -0.15) is 0 Å². The summed E-state index contributed by atoms with van der Waals surface area (Å²) < 4.78 is 112. The van der Waals surface area contributed by atoms with Gasteiger partial charge in [-0.3, -0.25) is 28.8 Å². The van der Waals surface area contributed by atoms with E-state index in [0.29, 0.717) is 0 Å². The predicted molar refractivity (Wildman–Crippen MR) is 427 cm³/mol. The quantitative estimate of drug-likeness (QED) is 0.0290. The van der Waals surface area contributed by atoms with Crippen LogP contribution in [0.15, 0.2) is 24.4 Å². The van der Waals surface area contributed by atoms with Crippen LogP contribution in [0.2, 0.25) is 0 Å². The first kappa shape index (κ1) is 111. The molecular formula is C77H126N8O50. The zero-order valence-electron chi connectivity index (χ0n) is 73.3. The van der Waals surface area contributed by atoms with Gasteiger partial charge in [0.2, 0.25) is 35.4 Å². The normalized spacial score (nSPS) is 43.4. The average molecular weight is 1960 g/mol. The van der Waals surface area contributed by atoms with E-state index in [-0.39, 0.29) is 5.82 Å². The number of pyridine rings is 1. The Labute approximate surface area is 766 Å². The molecule has 0 radical (unpaired) electrons. The number of ether oxygens (including phenoxy) is 18. The van der Waals surface area contributed by atoms with Crippen LogP contribution in [-0.2, 0) is 114 Å². The first-order valence-corrected chi connectivity index (χ1v) is 43.1. The summed E-state index contributed by atoms with van der Waals surface area (Å²) in [6, 6.07) is -6.94. The summed E-state index contributed by atoms with van der Waals surface area (Å²) in [5, 5.41) is 315. The van der Waals surface area contributed by atoms with Crippen LogP contribution in [0.1, 0.15) is 41.5 Å². The lowest BCUT2D eigenvalue weighted by Gasteiger charge is -2.53. The van der Waals surface area contributed by atoms with Crippen molar-refractivity contribution < 1.29 is 247 Å². The number of carbonyl (C=O) groups is 6. The Morgan fingerprint density at radius 1 is 0.326 bits per heavy atom. The van der Waals surface area contributed by atoms with Gasteiger partial charge in [0.05, 0.1) is 72.1 Å². The van der Waals surface area contributed by atoms with Crippen molar-refractivity contribution in [3.05, 3.63) is 24.4 Å². The number of rotatable bonds is 40. The standard InChI is InChI=1S/C77H126N8O50/c1-22(95)80-28(11-79-39-9-7-8-10-78-39)45(102)61(29(101)12-86)128-72-43(84-26(5)99)54(111)63(36(19-93)124-72)131-75-60(117)66(65(132-69-40(81-23(2)96)51(108)46(103)30(13-87)119-69)38(127-75)21-118-76-67(57(114)50(107)34(17-91)123-76)134-70-41(82-24(3)97)52(109)47(104)31(14-88)120-70)133-77-68(135-71-42(83-25(4)98)53(110)48(105)32(15-89)121-71)59(116)64(37(20-94)126-77)129-73-44(85-27(6)100)55(112)62(35(18-92)125-73)130-74-58(115)56(113)49(106)33(16-90)122-74/h7-10,28-38,40-77,86-94,101-117H,11-21H2,1-6H3,(H,78,79)(H,80,95)(H,81,96)(H,82,97)(H,83,98)(H,84,99)(H,85,100)/t28-,29+,30+,31+,32+,33+,34+,35+,36+,37+,38+,40+,41+,42+,43+,44+,45+,46+,47+,48+,49-,50+,51+,52+,53+,54+,55+,56-,57-,58+,59-,60-,61+,62+,63+,64+,65+,66+,67-,68-,69-,70-,71-,72-,73-,74-,75-,76-,77+/m0/s1. The lowest BCUT2D eigenvalue weighted by molar-refractivity contribution is -0.412. The van der Waals surface area contributed by atoms with E-state index in [1.165, 1.54) is 12.3 Å². The van der Waals surface area contributed by atoms with Crippen LogP contribution < -0.4 is 37.2 Å². The Kier molecular flexibility index (Phi) is 41.2. The van der Waals surface area contributed by atoms with E-state index in [0.717, 1.165) is 41.5 Å². The molecule has 9 saturated heterocycles.